The summed E-state index contributed by atoms with van der Waals surface area (Å²) in [5.41, 5.74) is 2.39. The summed E-state index contributed by atoms with van der Waals surface area (Å²) in [4.78, 5) is 34.8. The van der Waals surface area contributed by atoms with Gasteiger partial charge in [0.15, 0.2) is 17.2 Å². The first-order chi connectivity index (χ1) is 17.9. The summed E-state index contributed by atoms with van der Waals surface area (Å²) >= 11 is 0. The fraction of sp³-hybridized carbons (Fsp3) is 0.393. The monoisotopic (exact) mass is 506 g/mol. The molecule has 2 aromatic carbocycles. The molecule has 0 spiro atoms. The van der Waals surface area contributed by atoms with Crippen LogP contribution in [0.15, 0.2) is 59.2 Å². The number of amides is 2. The van der Waals surface area contributed by atoms with Crippen LogP contribution < -0.4 is 9.47 Å². The molecule has 2 amide bonds. The van der Waals surface area contributed by atoms with Crippen molar-refractivity contribution in [3.63, 3.8) is 0 Å². The van der Waals surface area contributed by atoms with Crippen LogP contribution in [0.25, 0.3) is 0 Å². The summed E-state index contributed by atoms with van der Waals surface area (Å²) in [6.07, 6.45) is 1.42. The minimum atomic E-state index is -0.185. The van der Waals surface area contributed by atoms with E-state index in [2.05, 4.69) is 28.9 Å². The van der Waals surface area contributed by atoms with Gasteiger partial charge in [-0.3, -0.25) is 14.5 Å². The Kier molecular flexibility index (Phi) is 8.45. The summed E-state index contributed by atoms with van der Waals surface area (Å²) in [6, 6.07) is 16.1. The molecule has 3 aromatic rings. The minimum absolute atomic E-state index is 0.0242. The molecule has 37 heavy (non-hydrogen) atoms. The van der Waals surface area contributed by atoms with Gasteiger partial charge in [0.2, 0.25) is 11.8 Å². The number of hydrogen-bond donors (Lipinski definition) is 0. The maximum Gasteiger partial charge on any atom is 0.275 e. The van der Waals surface area contributed by atoms with Crippen molar-refractivity contribution in [1.29, 1.82) is 0 Å². The quantitative estimate of drug-likeness (QED) is 0.437. The fourth-order valence-electron chi connectivity index (χ4n) is 4.61. The number of aromatic nitrogens is 1. The third-order valence-corrected chi connectivity index (χ3v) is 6.81. The van der Waals surface area contributed by atoms with Gasteiger partial charge < -0.3 is 23.7 Å². The average Bonchev–Trinajstić information content (AvgIpc) is 3.40. The second kappa shape index (κ2) is 11.9. The topological polar surface area (TPSA) is 88.4 Å². The van der Waals surface area contributed by atoms with Crippen LogP contribution in [0.2, 0.25) is 0 Å². The van der Waals surface area contributed by atoms with Gasteiger partial charge in [0.05, 0.1) is 20.8 Å². The van der Waals surface area contributed by atoms with Crippen molar-refractivity contribution in [3.8, 4) is 11.5 Å². The van der Waals surface area contributed by atoms with Gasteiger partial charge in [0.25, 0.3) is 5.91 Å². The third kappa shape index (κ3) is 6.11. The average molecular weight is 507 g/mol. The summed E-state index contributed by atoms with van der Waals surface area (Å²) < 4.78 is 16.9. The fourth-order valence-corrected chi connectivity index (χ4v) is 4.61. The van der Waals surface area contributed by atoms with Gasteiger partial charge in [-0.15, -0.1) is 0 Å². The van der Waals surface area contributed by atoms with E-state index < -0.39 is 0 Å². The van der Waals surface area contributed by atoms with Crippen LogP contribution in [0.4, 0.5) is 0 Å². The van der Waals surface area contributed by atoms with E-state index in [0.29, 0.717) is 56.7 Å². The van der Waals surface area contributed by atoms with E-state index in [1.807, 2.05) is 36.4 Å². The predicted molar refractivity (Wildman–Crippen MR) is 138 cm³/mol. The van der Waals surface area contributed by atoms with Crippen LogP contribution >= 0.6 is 0 Å². The molecule has 2 heterocycles. The number of nitrogens with zero attached hydrogens (tertiary/aromatic N) is 4. The highest BCUT2D eigenvalue weighted by atomic mass is 16.5. The second-order valence-corrected chi connectivity index (χ2v) is 9.07. The van der Waals surface area contributed by atoms with E-state index in [0.717, 1.165) is 11.1 Å². The number of carbonyl (C=O) groups excluding carboxylic acids is 2. The van der Waals surface area contributed by atoms with Crippen molar-refractivity contribution < 1.29 is 23.5 Å². The first-order valence-electron chi connectivity index (χ1n) is 12.4. The van der Waals surface area contributed by atoms with Gasteiger partial charge in [-0.1, -0.05) is 42.5 Å². The number of methoxy groups -OCH3 is 2. The molecule has 0 N–H and O–H groups in total. The first kappa shape index (κ1) is 26.2. The van der Waals surface area contributed by atoms with Gasteiger partial charge in [-0.05, 0) is 18.6 Å². The lowest BCUT2D eigenvalue weighted by Gasteiger charge is -2.33. The molecule has 1 unspecified atom stereocenters. The Balaban J connectivity index is 1.54. The van der Waals surface area contributed by atoms with E-state index in [9.17, 15) is 9.59 Å². The van der Waals surface area contributed by atoms with Crippen LogP contribution in [-0.2, 0) is 17.9 Å². The van der Waals surface area contributed by atoms with E-state index in [1.165, 1.54) is 6.26 Å². The van der Waals surface area contributed by atoms with Crippen molar-refractivity contribution in [3.05, 3.63) is 77.5 Å². The van der Waals surface area contributed by atoms with E-state index in [4.69, 9.17) is 13.9 Å². The lowest BCUT2D eigenvalue weighted by molar-refractivity contribution is -0.130. The molecule has 1 fully saturated rings. The summed E-state index contributed by atoms with van der Waals surface area (Å²) in [5.74, 6) is 1.64. The molecular formula is C28H34N4O5. The number of carbonyl (C=O) groups is 2. The van der Waals surface area contributed by atoms with Crippen LogP contribution in [0.3, 0.4) is 0 Å². The van der Waals surface area contributed by atoms with Gasteiger partial charge in [0, 0.05) is 51.3 Å². The number of ether oxygens (including phenoxy) is 2. The maximum absolute atomic E-state index is 13.0. The lowest BCUT2D eigenvalue weighted by atomic mass is 10.1. The molecule has 9 heteroatoms. The lowest BCUT2D eigenvalue weighted by Crippen LogP contribution is -2.50. The minimum Gasteiger partial charge on any atom is -0.493 e. The van der Waals surface area contributed by atoms with Gasteiger partial charge >= 0.3 is 0 Å². The Morgan fingerprint density at radius 3 is 2.32 bits per heavy atom. The van der Waals surface area contributed by atoms with Crippen LogP contribution in [0.1, 0.15) is 47.4 Å². The Morgan fingerprint density at radius 2 is 1.68 bits per heavy atom. The van der Waals surface area contributed by atoms with E-state index >= 15 is 0 Å². The standard InChI is InChI=1S/C28H34N4O5/c1-20(22-9-6-5-7-10-22)32(17-23-11-8-12-25(35-3)27(23)36-4)18-26-29-24(19-37-26)28(34)31-15-13-30(14-16-31)21(2)33/h5-12,19-20H,13-18H2,1-4H3. The van der Waals surface area contributed by atoms with Crippen molar-refractivity contribution in [2.45, 2.75) is 33.0 Å². The van der Waals surface area contributed by atoms with Crippen LogP contribution in [0, 0.1) is 0 Å². The Labute approximate surface area is 217 Å². The number of hydrogen-bond acceptors (Lipinski definition) is 7. The van der Waals surface area contributed by atoms with Crippen molar-refractivity contribution in [2.75, 3.05) is 40.4 Å². The molecule has 196 valence electrons. The van der Waals surface area contributed by atoms with Crippen LogP contribution in [-0.4, -0.2) is 71.9 Å². The molecule has 0 aliphatic carbocycles. The highest BCUT2D eigenvalue weighted by Crippen LogP contribution is 2.34. The van der Waals surface area contributed by atoms with Crippen molar-refractivity contribution in [1.82, 2.24) is 19.7 Å². The zero-order valence-corrected chi connectivity index (χ0v) is 21.8. The summed E-state index contributed by atoms with van der Waals surface area (Å²) in [5, 5.41) is 0. The number of benzene rings is 2. The summed E-state index contributed by atoms with van der Waals surface area (Å²) in [6.45, 7) is 6.63. The highest BCUT2D eigenvalue weighted by molar-refractivity contribution is 5.92. The molecule has 0 bridgehead atoms. The van der Waals surface area contributed by atoms with Gasteiger partial charge in [-0.25, -0.2) is 4.98 Å². The molecule has 4 rings (SSSR count). The number of rotatable bonds is 9. The zero-order valence-electron chi connectivity index (χ0n) is 21.8. The Morgan fingerprint density at radius 1 is 0.973 bits per heavy atom. The van der Waals surface area contributed by atoms with Gasteiger partial charge in [0.1, 0.15) is 6.26 Å². The SMILES string of the molecule is COc1cccc(CN(Cc2nc(C(=O)N3CCN(C(C)=O)CC3)co2)C(C)c2ccccc2)c1OC. The largest absolute Gasteiger partial charge is 0.493 e. The molecular weight excluding hydrogens is 472 g/mol. The van der Waals surface area contributed by atoms with Crippen molar-refractivity contribution >= 4 is 11.8 Å². The van der Waals surface area contributed by atoms with E-state index in [-0.39, 0.29) is 23.6 Å². The number of oxazole rings is 1. The first-order valence-corrected chi connectivity index (χ1v) is 12.4. The normalized spacial score (nSPS) is 14.5. The molecule has 1 aliphatic heterocycles. The van der Waals surface area contributed by atoms with Crippen LogP contribution in [0.5, 0.6) is 11.5 Å². The smallest absolute Gasteiger partial charge is 0.275 e. The molecule has 0 saturated carbocycles. The Hall–Kier alpha value is -3.85. The molecule has 0 radical (unpaired) electrons. The molecule has 9 nitrogen and oxygen atoms in total. The number of para-hydroxylation sites is 1. The molecule has 1 aromatic heterocycles. The predicted octanol–water partition coefficient (Wildman–Crippen LogP) is 3.76. The zero-order chi connectivity index (χ0) is 26.4. The van der Waals surface area contributed by atoms with E-state index in [1.54, 1.807) is 30.9 Å². The highest BCUT2D eigenvalue weighted by Gasteiger charge is 2.27. The maximum atomic E-state index is 13.0. The second-order valence-electron chi connectivity index (χ2n) is 9.07. The van der Waals surface area contributed by atoms with Crippen molar-refractivity contribution in [2.24, 2.45) is 0 Å². The molecule has 1 saturated heterocycles. The third-order valence-electron chi connectivity index (χ3n) is 6.81. The molecule has 1 aliphatic rings. The molecule has 1 atom stereocenters. The van der Waals surface area contributed by atoms with Gasteiger partial charge in [-0.2, -0.15) is 0 Å². The Bertz CT molecular complexity index is 1200. The number of piperazine rings is 1. The summed E-state index contributed by atoms with van der Waals surface area (Å²) in [7, 11) is 3.26.